The van der Waals surface area contributed by atoms with Crippen LogP contribution in [0.4, 0.5) is 0 Å². The van der Waals surface area contributed by atoms with Crippen molar-refractivity contribution in [3.63, 3.8) is 0 Å². The fourth-order valence-corrected chi connectivity index (χ4v) is 2.69. The van der Waals surface area contributed by atoms with Crippen molar-refractivity contribution < 1.29 is 9.53 Å². The largest absolute Gasteiger partial charge is 0.496 e. The van der Waals surface area contributed by atoms with Crippen LogP contribution in [0.25, 0.3) is 0 Å². The van der Waals surface area contributed by atoms with Gasteiger partial charge in [0.05, 0.1) is 18.7 Å². The van der Waals surface area contributed by atoms with Crippen molar-refractivity contribution in [3.8, 4) is 5.75 Å². The van der Waals surface area contributed by atoms with Crippen molar-refractivity contribution in [2.45, 2.75) is 6.04 Å². The molecule has 0 radical (unpaired) electrons. The Morgan fingerprint density at radius 2 is 2.13 bits per heavy atom. The van der Waals surface area contributed by atoms with Crippen LogP contribution >= 0.6 is 11.6 Å². The average Bonchev–Trinajstić information content (AvgIpc) is 2.93. The molecule has 0 spiro atoms. The van der Waals surface area contributed by atoms with Gasteiger partial charge in [-0.1, -0.05) is 11.6 Å². The van der Waals surface area contributed by atoms with Gasteiger partial charge in [-0.15, -0.1) is 0 Å². The molecule has 1 amide bonds. The fraction of sp³-hybridized carbons (Fsp3) is 0.353. The number of halogens is 1. The number of nitrogens with one attached hydrogen (secondary N) is 1. The van der Waals surface area contributed by atoms with Crippen LogP contribution in [-0.2, 0) is 7.05 Å². The first-order valence-electron chi connectivity index (χ1n) is 7.33. The van der Waals surface area contributed by atoms with E-state index in [4.69, 9.17) is 16.3 Å². The molecule has 1 aromatic carbocycles. The summed E-state index contributed by atoms with van der Waals surface area (Å²) in [5.74, 6) is 0.303. The maximum absolute atomic E-state index is 12.5. The van der Waals surface area contributed by atoms with Gasteiger partial charge in [-0.25, -0.2) is 0 Å². The average molecular weight is 336 g/mol. The van der Waals surface area contributed by atoms with Crippen LogP contribution < -0.4 is 10.1 Å². The Hall–Kier alpha value is -1.98. The summed E-state index contributed by atoms with van der Waals surface area (Å²) in [5, 5.41) is 3.47. The molecule has 1 unspecified atom stereocenters. The highest BCUT2D eigenvalue weighted by atomic mass is 35.5. The lowest BCUT2D eigenvalue weighted by Gasteiger charge is -2.25. The number of hydrogen-bond acceptors (Lipinski definition) is 3. The minimum Gasteiger partial charge on any atom is -0.496 e. The van der Waals surface area contributed by atoms with Gasteiger partial charge in [-0.3, -0.25) is 9.69 Å². The highest BCUT2D eigenvalue weighted by molar-refractivity contribution is 6.31. The van der Waals surface area contributed by atoms with E-state index in [1.807, 2.05) is 33.4 Å². The van der Waals surface area contributed by atoms with Gasteiger partial charge >= 0.3 is 0 Å². The number of hydrogen-bond donors (Lipinski definition) is 1. The lowest BCUT2D eigenvalue weighted by Crippen LogP contribution is -2.35. The van der Waals surface area contributed by atoms with E-state index in [0.717, 1.165) is 5.69 Å². The van der Waals surface area contributed by atoms with Gasteiger partial charge in [0.15, 0.2) is 0 Å². The van der Waals surface area contributed by atoms with E-state index >= 15 is 0 Å². The quantitative estimate of drug-likeness (QED) is 0.883. The normalized spacial score (nSPS) is 12.3. The van der Waals surface area contributed by atoms with Crippen LogP contribution in [0.1, 0.15) is 22.1 Å². The molecule has 1 heterocycles. The molecule has 1 N–H and O–H groups in total. The predicted octanol–water partition coefficient (Wildman–Crippen LogP) is 2.72. The summed E-state index contributed by atoms with van der Waals surface area (Å²) in [6.07, 6.45) is 1.99. The van der Waals surface area contributed by atoms with E-state index in [1.54, 1.807) is 18.2 Å². The second-order valence-corrected chi connectivity index (χ2v) is 6.01. The molecule has 0 bridgehead atoms. The standard InChI is InChI=1S/C17H22ClN3O2/c1-20(2)15(14-6-5-9-21(14)3)11-19-17(22)13-10-12(18)7-8-16(13)23-4/h5-10,15H,11H2,1-4H3,(H,19,22). The Bertz CT molecular complexity index is 682. The molecule has 0 saturated heterocycles. The molecular formula is C17H22ClN3O2. The highest BCUT2D eigenvalue weighted by Gasteiger charge is 2.19. The topological polar surface area (TPSA) is 46.5 Å². The van der Waals surface area contributed by atoms with E-state index in [0.29, 0.717) is 22.9 Å². The highest BCUT2D eigenvalue weighted by Crippen LogP contribution is 2.23. The van der Waals surface area contributed by atoms with E-state index in [2.05, 4.69) is 20.9 Å². The molecule has 2 aromatic rings. The minimum atomic E-state index is -0.203. The SMILES string of the molecule is COc1ccc(Cl)cc1C(=O)NCC(c1cccn1C)N(C)C. The molecule has 6 heteroatoms. The fourth-order valence-electron chi connectivity index (χ4n) is 2.51. The number of aryl methyl sites for hydroxylation is 1. The van der Waals surface area contributed by atoms with Crippen molar-refractivity contribution in [3.05, 3.63) is 52.8 Å². The number of carbonyl (C=O) groups excluding carboxylic acids is 1. The van der Waals surface area contributed by atoms with Crippen LogP contribution in [0.5, 0.6) is 5.75 Å². The number of likely N-dealkylation sites (N-methyl/N-ethyl adjacent to an activating group) is 1. The molecule has 23 heavy (non-hydrogen) atoms. The smallest absolute Gasteiger partial charge is 0.255 e. The number of aromatic nitrogens is 1. The zero-order chi connectivity index (χ0) is 17.0. The van der Waals surface area contributed by atoms with E-state index in [-0.39, 0.29) is 11.9 Å². The van der Waals surface area contributed by atoms with E-state index < -0.39 is 0 Å². The number of benzene rings is 1. The molecule has 5 nitrogen and oxygen atoms in total. The molecule has 0 aliphatic rings. The van der Waals surface area contributed by atoms with Crippen molar-refractivity contribution >= 4 is 17.5 Å². The number of methoxy groups -OCH3 is 1. The molecule has 124 valence electrons. The maximum Gasteiger partial charge on any atom is 0.255 e. The number of carbonyl (C=O) groups is 1. The zero-order valence-electron chi connectivity index (χ0n) is 13.8. The maximum atomic E-state index is 12.5. The number of rotatable bonds is 6. The molecular weight excluding hydrogens is 314 g/mol. The Balaban J connectivity index is 2.14. The summed E-state index contributed by atoms with van der Waals surface area (Å²) in [6.45, 7) is 0.485. The van der Waals surface area contributed by atoms with Crippen molar-refractivity contribution in [2.75, 3.05) is 27.7 Å². The number of nitrogens with zero attached hydrogens (tertiary/aromatic N) is 2. The number of amides is 1. The van der Waals surface area contributed by atoms with Crippen LogP contribution in [0.2, 0.25) is 5.02 Å². The molecule has 0 aliphatic carbocycles. The lowest BCUT2D eigenvalue weighted by molar-refractivity contribution is 0.0938. The third-order valence-corrected chi connectivity index (χ3v) is 4.05. The Morgan fingerprint density at radius 3 is 2.70 bits per heavy atom. The van der Waals surface area contributed by atoms with Gasteiger partial charge in [0.1, 0.15) is 5.75 Å². The molecule has 0 aliphatic heterocycles. The van der Waals surface area contributed by atoms with Crippen molar-refractivity contribution in [1.82, 2.24) is 14.8 Å². The van der Waals surface area contributed by atoms with Gasteiger partial charge in [0.25, 0.3) is 5.91 Å². The van der Waals surface area contributed by atoms with Gasteiger partial charge in [-0.2, -0.15) is 0 Å². The summed E-state index contributed by atoms with van der Waals surface area (Å²) in [7, 11) is 7.51. The van der Waals surface area contributed by atoms with Gasteiger partial charge < -0.3 is 14.6 Å². The first-order chi connectivity index (χ1) is 10.9. The molecule has 1 aromatic heterocycles. The summed E-state index contributed by atoms with van der Waals surface area (Å²) >= 11 is 5.99. The first-order valence-corrected chi connectivity index (χ1v) is 7.71. The van der Waals surface area contributed by atoms with Gasteiger partial charge in [0.2, 0.25) is 0 Å². The molecule has 0 saturated carbocycles. The lowest BCUT2D eigenvalue weighted by atomic mass is 10.1. The van der Waals surface area contributed by atoms with Crippen molar-refractivity contribution in [1.29, 1.82) is 0 Å². The monoisotopic (exact) mass is 335 g/mol. The summed E-state index contributed by atoms with van der Waals surface area (Å²) in [6, 6.07) is 9.12. The summed E-state index contributed by atoms with van der Waals surface area (Å²) < 4.78 is 7.29. The summed E-state index contributed by atoms with van der Waals surface area (Å²) in [5.41, 5.74) is 1.57. The van der Waals surface area contributed by atoms with Crippen molar-refractivity contribution in [2.24, 2.45) is 7.05 Å². The first kappa shape index (κ1) is 17.4. The van der Waals surface area contributed by atoms with Crippen LogP contribution in [0.3, 0.4) is 0 Å². The molecule has 2 rings (SSSR count). The Morgan fingerprint density at radius 1 is 1.39 bits per heavy atom. The molecule has 1 atom stereocenters. The van der Waals surface area contributed by atoms with Crippen LogP contribution in [-0.4, -0.2) is 43.1 Å². The van der Waals surface area contributed by atoms with Gasteiger partial charge in [-0.05, 0) is 44.4 Å². The Labute approximate surface area is 141 Å². The molecule has 0 fully saturated rings. The van der Waals surface area contributed by atoms with E-state index in [1.165, 1.54) is 7.11 Å². The van der Waals surface area contributed by atoms with Crippen LogP contribution in [0.15, 0.2) is 36.5 Å². The number of ether oxygens (including phenoxy) is 1. The van der Waals surface area contributed by atoms with Crippen LogP contribution in [0, 0.1) is 0 Å². The third-order valence-electron chi connectivity index (χ3n) is 3.81. The summed E-state index contributed by atoms with van der Waals surface area (Å²) in [4.78, 5) is 14.6. The minimum absolute atomic E-state index is 0.0733. The van der Waals surface area contributed by atoms with E-state index in [9.17, 15) is 4.79 Å². The second kappa shape index (κ2) is 7.53. The van der Waals surface area contributed by atoms with Gasteiger partial charge in [0, 0.05) is 30.5 Å². The third kappa shape index (κ3) is 4.06. The zero-order valence-corrected chi connectivity index (χ0v) is 14.6. The Kier molecular flexibility index (Phi) is 5.69. The predicted molar refractivity (Wildman–Crippen MR) is 92.2 cm³/mol. The second-order valence-electron chi connectivity index (χ2n) is 5.58.